The van der Waals surface area contributed by atoms with Crippen LogP contribution in [0.3, 0.4) is 0 Å². The van der Waals surface area contributed by atoms with Crippen molar-refractivity contribution in [3.8, 4) is 0 Å². The van der Waals surface area contributed by atoms with E-state index in [0.29, 0.717) is 0 Å². The molecule has 2 fully saturated rings. The fourth-order valence-corrected chi connectivity index (χ4v) is 3.10. The van der Waals surface area contributed by atoms with Gasteiger partial charge in [-0.25, -0.2) is 4.39 Å². The lowest BCUT2D eigenvalue weighted by molar-refractivity contribution is 0.363. The van der Waals surface area contributed by atoms with Crippen LogP contribution < -0.4 is 0 Å². The van der Waals surface area contributed by atoms with Gasteiger partial charge in [0.05, 0.1) is 5.02 Å². The molecule has 0 spiro atoms. The first-order chi connectivity index (χ1) is 7.12. The van der Waals surface area contributed by atoms with Gasteiger partial charge >= 0.3 is 0 Å². The smallest absolute Gasteiger partial charge is 0.142 e. The summed E-state index contributed by atoms with van der Waals surface area (Å²) in [7, 11) is 2.13. The average molecular weight is 262 g/mol. The molecular formula is C12H14Cl2FN. The van der Waals surface area contributed by atoms with Crippen molar-refractivity contribution in [3.63, 3.8) is 0 Å². The molecule has 88 valence electrons. The quantitative estimate of drug-likeness (QED) is 0.751. The van der Waals surface area contributed by atoms with Gasteiger partial charge in [-0.2, -0.15) is 0 Å². The van der Waals surface area contributed by atoms with Gasteiger partial charge in [0.25, 0.3) is 0 Å². The molecule has 16 heavy (non-hydrogen) atoms. The zero-order valence-electron chi connectivity index (χ0n) is 9.04. The van der Waals surface area contributed by atoms with Crippen molar-refractivity contribution in [2.45, 2.75) is 11.8 Å². The lowest BCUT2D eigenvalue weighted by Crippen LogP contribution is -2.22. The van der Waals surface area contributed by atoms with E-state index in [0.717, 1.165) is 24.6 Å². The third kappa shape index (κ3) is 1.64. The molecule has 0 amide bonds. The molecule has 2 aliphatic rings. The summed E-state index contributed by atoms with van der Waals surface area (Å²) < 4.78 is 13.4. The van der Waals surface area contributed by atoms with E-state index < -0.39 is 0 Å². The van der Waals surface area contributed by atoms with Gasteiger partial charge in [-0.1, -0.05) is 17.7 Å². The van der Waals surface area contributed by atoms with E-state index in [9.17, 15) is 4.39 Å². The van der Waals surface area contributed by atoms with Gasteiger partial charge in [0.2, 0.25) is 0 Å². The molecule has 1 nitrogen and oxygen atoms in total. The van der Waals surface area contributed by atoms with E-state index >= 15 is 0 Å². The molecule has 0 N–H and O–H groups in total. The molecule has 0 aromatic heterocycles. The van der Waals surface area contributed by atoms with Crippen molar-refractivity contribution in [2.75, 3.05) is 20.1 Å². The van der Waals surface area contributed by atoms with Gasteiger partial charge in [0.15, 0.2) is 0 Å². The summed E-state index contributed by atoms with van der Waals surface area (Å²) in [6.07, 6.45) is 1.21. The highest BCUT2D eigenvalue weighted by Crippen LogP contribution is 2.58. The van der Waals surface area contributed by atoms with Gasteiger partial charge in [0.1, 0.15) is 5.82 Å². The molecule has 1 saturated heterocycles. The number of nitrogens with zero attached hydrogens (tertiary/aromatic N) is 1. The Balaban J connectivity index is 0.000000963. The second-order valence-corrected chi connectivity index (χ2v) is 5.29. The minimum atomic E-state index is -0.288. The number of halogens is 3. The molecule has 1 aromatic carbocycles. The van der Waals surface area contributed by atoms with Gasteiger partial charge in [-0.15, -0.1) is 12.4 Å². The van der Waals surface area contributed by atoms with Gasteiger partial charge in [-0.05, 0) is 37.1 Å². The number of hydrogen-bond acceptors (Lipinski definition) is 1. The maximum atomic E-state index is 13.4. The zero-order chi connectivity index (χ0) is 10.6. The number of hydrogen-bond donors (Lipinski definition) is 0. The number of rotatable bonds is 1. The molecule has 1 saturated carbocycles. The van der Waals surface area contributed by atoms with Crippen molar-refractivity contribution in [3.05, 3.63) is 34.6 Å². The highest BCUT2D eigenvalue weighted by atomic mass is 35.5. The molecule has 2 atom stereocenters. The monoisotopic (exact) mass is 261 g/mol. The Labute approximate surface area is 106 Å². The Kier molecular flexibility index (Phi) is 2.94. The lowest BCUT2D eigenvalue weighted by Gasteiger charge is -2.16. The van der Waals surface area contributed by atoms with Crippen molar-refractivity contribution in [2.24, 2.45) is 5.92 Å². The normalized spacial score (nSPS) is 32.1. The summed E-state index contributed by atoms with van der Waals surface area (Å²) in [4.78, 5) is 2.32. The first-order valence-electron chi connectivity index (χ1n) is 5.26. The third-order valence-electron chi connectivity index (χ3n) is 3.81. The topological polar surface area (TPSA) is 3.24 Å². The van der Waals surface area contributed by atoms with Crippen molar-refractivity contribution < 1.29 is 4.39 Å². The molecule has 3 rings (SSSR count). The van der Waals surface area contributed by atoms with Crippen molar-refractivity contribution in [1.82, 2.24) is 4.90 Å². The number of piperidine rings is 1. The fourth-order valence-electron chi connectivity index (χ4n) is 2.99. The highest BCUT2D eigenvalue weighted by molar-refractivity contribution is 6.30. The average Bonchev–Trinajstić information content (AvgIpc) is 2.75. The van der Waals surface area contributed by atoms with E-state index in [-0.39, 0.29) is 28.7 Å². The van der Waals surface area contributed by atoms with Crippen LogP contribution in [0, 0.1) is 11.7 Å². The maximum absolute atomic E-state index is 13.4. The number of likely N-dealkylation sites (tertiary alicyclic amines) is 1. The van der Waals surface area contributed by atoms with Crippen molar-refractivity contribution in [1.29, 1.82) is 0 Å². The third-order valence-corrected chi connectivity index (χ3v) is 4.12. The number of benzene rings is 1. The summed E-state index contributed by atoms with van der Waals surface area (Å²) in [5.74, 6) is 0.437. The summed E-state index contributed by atoms with van der Waals surface area (Å²) in [6.45, 7) is 2.20. The predicted molar refractivity (Wildman–Crippen MR) is 65.9 cm³/mol. The van der Waals surface area contributed by atoms with Crippen LogP contribution in [0.25, 0.3) is 0 Å². The van der Waals surface area contributed by atoms with Crippen LogP contribution in [-0.2, 0) is 5.41 Å². The second-order valence-electron chi connectivity index (χ2n) is 4.88. The van der Waals surface area contributed by atoms with E-state index in [1.165, 1.54) is 6.42 Å². The van der Waals surface area contributed by atoms with Crippen LogP contribution in [0.2, 0.25) is 5.02 Å². The van der Waals surface area contributed by atoms with Gasteiger partial charge in [-0.3, -0.25) is 0 Å². The summed E-state index contributed by atoms with van der Waals surface area (Å²) >= 11 is 5.69. The standard InChI is InChI=1S/C12H13ClFN.ClH/c1-15-6-9-5-12(9,7-15)8-2-3-10(13)11(14)4-8;/h2-4,9H,5-7H2,1H3;1H/t9-,12-;/m0./s1. The SMILES string of the molecule is CN1C[C@@H]2C[C@@]2(c2ccc(Cl)c(F)c2)C1.Cl. The van der Waals surface area contributed by atoms with E-state index in [1.807, 2.05) is 6.07 Å². The number of likely N-dealkylation sites (N-methyl/N-ethyl adjacent to an activating group) is 1. The van der Waals surface area contributed by atoms with Crippen LogP contribution in [0.15, 0.2) is 18.2 Å². The van der Waals surface area contributed by atoms with E-state index in [4.69, 9.17) is 11.6 Å². The Morgan fingerprint density at radius 1 is 1.50 bits per heavy atom. The van der Waals surface area contributed by atoms with E-state index in [2.05, 4.69) is 11.9 Å². The van der Waals surface area contributed by atoms with Crippen LogP contribution in [0.5, 0.6) is 0 Å². The Morgan fingerprint density at radius 2 is 2.25 bits per heavy atom. The molecule has 1 heterocycles. The van der Waals surface area contributed by atoms with E-state index in [1.54, 1.807) is 12.1 Å². The molecule has 1 aliphatic heterocycles. The first kappa shape index (κ1) is 12.2. The molecule has 1 aliphatic carbocycles. The summed E-state index contributed by atoms with van der Waals surface area (Å²) in [6, 6.07) is 5.26. The fraction of sp³-hybridized carbons (Fsp3) is 0.500. The minimum Gasteiger partial charge on any atom is -0.305 e. The number of fused-ring (bicyclic) bond motifs is 1. The minimum absolute atomic E-state index is 0. The zero-order valence-corrected chi connectivity index (χ0v) is 10.6. The molecule has 0 radical (unpaired) electrons. The lowest BCUT2D eigenvalue weighted by atomic mass is 9.95. The molecule has 1 aromatic rings. The Bertz CT molecular complexity index is 423. The maximum Gasteiger partial charge on any atom is 0.142 e. The predicted octanol–water partition coefficient (Wildman–Crippen LogP) is 3.10. The molecule has 0 bridgehead atoms. The highest BCUT2D eigenvalue weighted by Gasteiger charge is 2.59. The largest absolute Gasteiger partial charge is 0.305 e. The van der Waals surface area contributed by atoms with Crippen LogP contribution in [0.4, 0.5) is 4.39 Å². The van der Waals surface area contributed by atoms with Gasteiger partial charge in [0, 0.05) is 18.5 Å². The van der Waals surface area contributed by atoms with Crippen LogP contribution >= 0.6 is 24.0 Å². The molecular weight excluding hydrogens is 248 g/mol. The molecule has 4 heteroatoms. The van der Waals surface area contributed by atoms with Crippen LogP contribution in [0.1, 0.15) is 12.0 Å². The van der Waals surface area contributed by atoms with Gasteiger partial charge < -0.3 is 4.90 Å². The Morgan fingerprint density at radius 3 is 2.81 bits per heavy atom. The van der Waals surface area contributed by atoms with Crippen LogP contribution in [-0.4, -0.2) is 25.0 Å². The van der Waals surface area contributed by atoms with Crippen molar-refractivity contribution >= 4 is 24.0 Å². The summed E-state index contributed by atoms with van der Waals surface area (Å²) in [5.41, 5.74) is 1.36. The summed E-state index contributed by atoms with van der Waals surface area (Å²) in [5, 5.41) is 0.221. The Hall–Kier alpha value is -0.310. The molecule has 0 unspecified atom stereocenters. The second kappa shape index (κ2) is 3.86. The first-order valence-corrected chi connectivity index (χ1v) is 5.64.